The lowest BCUT2D eigenvalue weighted by molar-refractivity contribution is -0.113. The largest absolute Gasteiger partial charge is 0.482 e. The van der Waals surface area contributed by atoms with Crippen molar-refractivity contribution in [2.45, 2.75) is 32.0 Å². The molecule has 1 unspecified atom stereocenters. The van der Waals surface area contributed by atoms with Gasteiger partial charge in [0, 0.05) is 12.7 Å². The molecule has 0 saturated heterocycles. The number of nitrogens with zero attached hydrogens (tertiary/aromatic N) is 3. The Morgan fingerprint density at radius 3 is 2.71 bits per heavy atom. The van der Waals surface area contributed by atoms with Gasteiger partial charge in [0.05, 0.1) is 5.75 Å². The SMILES string of the molecule is Cc1cccc(NC(=O)CSc2nnc(C(C)Oc3ccccc3C)n2C)c1. The molecule has 0 aliphatic heterocycles. The first-order valence-electron chi connectivity index (χ1n) is 9.05. The van der Waals surface area contributed by atoms with Gasteiger partial charge < -0.3 is 14.6 Å². The molecule has 0 radical (unpaired) electrons. The van der Waals surface area contributed by atoms with Crippen LogP contribution in [0.25, 0.3) is 0 Å². The van der Waals surface area contributed by atoms with Crippen molar-refractivity contribution in [3.63, 3.8) is 0 Å². The van der Waals surface area contributed by atoms with E-state index >= 15 is 0 Å². The highest BCUT2D eigenvalue weighted by atomic mass is 32.2. The van der Waals surface area contributed by atoms with Crippen molar-refractivity contribution in [3.8, 4) is 5.75 Å². The van der Waals surface area contributed by atoms with Crippen molar-refractivity contribution in [3.05, 3.63) is 65.5 Å². The normalized spacial score (nSPS) is 11.9. The predicted molar refractivity (Wildman–Crippen MR) is 112 cm³/mol. The fourth-order valence-electron chi connectivity index (χ4n) is 2.79. The first-order valence-corrected chi connectivity index (χ1v) is 10.0. The molecule has 0 spiro atoms. The van der Waals surface area contributed by atoms with Gasteiger partial charge in [-0.2, -0.15) is 0 Å². The summed E-state index contributed by atoms with van der Waals surface area (Å²) in [7, 11) is 1.88. The minimum atomic E-state index is -0.255. The van der Waals surface area contributed by atoms with E-state index in [1.807, 2.05) is 80.9 Å². The number of hydrogen-bond acceptors (Lipinski definition) is 5. The van der Waals surface area contributed by atoms with E-state index < -0.39 is 0 Å². The zero-order chi connectivity index (χ0) is 20.1. The van der Waals surface area contributed by atoms with Gasteiger partial charge in [0.25, 0.3) is 0 Å². The zero-order valence-electron chi connectivity index (χ0n) is 16.5. The number of ether oxygens (including phenoxy) is 1. The van der Waals surface area contributed by atoms with Gasteiger partial charge in [-0.05, 0) is 50.1 Å². The highest BCUT2D eigenvalue weighted by Gasteiger charge is 2.18. The molecule has 6 nitrogen and oxygen atoms in total. The van der Waals surface area contributed by atoms with E-state index in [2.05, 4.69) is 15.5 Å². The molecule has 1 heterocycles. The monoisotopic (exact) mass is 396 g/mol. The van der Waals surface area contributed by atoms with Crippen molar-refractivity contribution in [1.82, 2.24) is 14.8 Å². The molecule has 1 N–H and O–H groups in total. The summed E-state index contributed by atoms with van der Waals surface area (Å²) in [6, 6.07) is 15.6. The van der Waals surface area contributed by atoms with Crippen LogP contribution in [0.1, 0.15) is 30.0 Å². The Balaban J connectivity index is 1.59. The van der Waals surface area contributed by atoms with E-state index in [1.165, 1.54) is 11.8 Å². The summed E-state index contributed by atoms with van der Waals surface area (Å²) >= 11 is 1.35. The van der Waals surface area contributed by atoms with Gasteiger partial charge >= 0.3 is 0 Å². The summed E-state index contributed by atoms with van der Waals surface area (Å²) in [5.74, 6) is 1.71. The highest BCUT2D eigenvalue weighted by Crippen LogP contribution is 2.25. The third kappa shape index (κ3) is 4.92. The third-order valence-electron chi connectivity index (χ3n) is 4.26. The molecule has 0 aliphatic rings. The Hall–Kier alpha value is -2.80. The van der Waals surface area contributed by atoms with Crippen LogP contribution >= 0.6 is 11.8 Å². The maximum atomic E-state index is 12.2. The molecule has 28 heavy (non-hydrogen) atoms. The first-order chi connectivity index (χ1) is 13.4. The van der Waals surface area contributed by atoms with Crippen LogP contribution in [-0.2, 0) is 11.8 Å². The molecule has 1 amide bonds. The van der Waals surface area contributed by atoms with Gasteiger partial charge in [0.2, 0.25) is 5.91 Å². The molecule has 3 aromatic rings. The smallest absolute Gasteiger partial charge is 0.234 e. The van der Waals surface area contributed by atoms with E-state index in [0.29, 0.717) is 11.0 Å². The quantitative estimate of drug-likeness (QED) is 0.603. The second-order valence-corrected chi connectivity index (χ2v) is 7.57. The fourth-order valence-corrected chi connectivity index (χ4v) is 3.51. The lowest BCUT2D eigenvalue weighted by atomic mass is 10.2. The molecule has 0 bridgehead atoms. The summed E-state index contributed by atoms with van der Waals surface area (Å²) in [6.07, 6.45) is -0.255. The number of anilines is 1. The van der Waals surface area contributed by atoms with Crippen molar-refractivity contribution in [2.75, 3.05) is 11.1 Å². The van der Waals surface area contributed by atoms with Gasteiger partial charge in [0.1, 0.15) is 5.75 Å². The molecule has 146 valence electrons. The van der Waals surface area contributed by atoms with Crippen LogP contribution in [-0.4, -0.2) is 26.4 Å². The van der Waals surface area contributed by atoms with Gasteiger partial charge in [-0.15, -0.1) is 10.2 Å². The molecule has 0 saturated carbocycles. The molecule has 7 heteroatoms. The van der Waals surface area contributed by atoms with Crippen molar-refractivity contribution in [1.29, 1.82) is 0 Å². The maximum absolute atomic E-state index is 12.2. The molecule has 0 fully saturated rings. The predicted octanol–water partition coefficient (Wildman–Crippen LogP) is 4.30. The zero-order valence-corrected chi connectivity index (χ0v) is 17.3. The number of aromatic nitrogens is 3. The van der Waals surface area contributed by atoms with E-state index in [9.17, 15) is 4.79 Å². The lowest BCUT2D eigenvalue weighted by Crippen LogP contribution is -2.15. The second kappa shape index (κ2) is 8.93. The Labute approximate surface area is 169 Å². The van der Waals surface area contributed by atoms with E-state index in [1.54, 1.807) is 0 Å². The van der Waals surface area contributed by atoms with Crippen LogP contribution in [0.2, 0.25) is 0 Å². The summed E-state index contributed by atoms with van der Waals surface area (Å²) in [5.41, 5.74) is 2.97. The van der Waals surface area contributed by atoms with E-state index in [-0.39, 0.29) is 17.8 Å². The average molecular weight is 397 g/mol. The third-order valence-corrected chi connectivity index (χ3v) is 5.28. The van der Waals surface area contributed by atoms with Gasteiger partial charge in [-0.25, -0.2) is 0 Å². The number of amides is 1. The van der Waals surface area contributed by atoms with Gasteiger partial charge in [-0.1, -0.05) is 42.1 Å². The Morgan fingerprint density at radius 2 is 1.96 bits per heavy atom. The number of nitrogens with one attached hydrogen (secondary N) is 1. The van der Waals surface area contributed by atoms with Crippen LogP contribution in [0.3, 0.4) is 0 Å². The molecule has 3 rings (SSSR count). The van der Waals surface area contributed by atoms with Crippen molar-refractivity contribution >= 4 is 23.4 Å². The molecule has 1 aromatic heterocycles. The molecule has 1 atom stereocenters. The van der Waals surface area contributed by atoms with Crippen LogP contribution < -0.4 is 10.1 Å². The number of hydrogen-bond donors (Lipinski definition) is 1. The summed E-state index contributed by atoms with van der Waals surface area (Å²) in [6.45, 7) is 5.94. The fraction of sp³-hybridized carbons (Fsp3) is 0.286. The molecular weight excluding hydrogens is 372 g/mol. The standard InChI is InChI=1S/C21H24N4O2S/c1-14-8-7-10-17(12-14)22-19(26)13-28-21-24-23-20(25(21)4)16(3)27-18-11-6-5-9-15(18)2/h5-12,16H,13H2,1-4H3,(H,22,26). The number of benzene rings is 2. The average Bonchev–Trinajstić information content (AvgIpc) is 3.02. The van der Waals surface area contributed by atoms with Crippen molar-refractivity contribution < 1.29 is 9.53 Å². The Morgan fingerprint density at radius 1 is 1.18 bits per heavy atom. The van der Waals surface area contributed by atoms with Crippen LogP contribution in [0, 0.1) is 13.8 Å². The number of carbonyl (C=O) groups is 1. The van der Waals surface area contributed by atoms with Gasteiger partial charge in [0.15, 0.2) is 17.1 Å². The van der Waals surface area contributed by atoms with E-state index in [0.717, 1.165) is 22.6 Å². The highest BCUT2D eigenvalue weighted by molar-refractivity contribution is 7.99. The molecular formula is C21H24N4O2S. The molecule has 0 aliphatic carbocycles. The van der Waals surface area contributed by atoms with Gasteiger partial charge in [-0.3, -0.25) is 4.79 Å². The van der Waals surface area contributed by atoms with Crippen molar-refractivity contribution in [2.24, 2.45) is 7.05 Å². The Kier molecular flexibility index (Phi) is 6.36. The van der Waals surface area contributed by atoms with E-state index in [4.69, 9.17) is 4.74 Å². The number of aryl methyl sites for hydroxylation is 2. The maximum Gasteiger partial charge on any atom is 0.234 e. The molecule has 2 aromatic carbocycles. The number of carbonyl (C=O) groups excluding carboxylic acids is 1. The summed E-state index contributed by atoms with van der Waals surface area (Å²) in [5, 5.41) is 12.0. The minimum absolute atomic E-state index is 0.0793. The summed E-state index contributed by atoms with van der Waals surface area (Å²) in [4.78, 5) is 12.2. The Bertz CT molecular complexity index is 971. The van der Waals surface area contributed by atoms with Crippen LogP contribution in [0.4, 0.5) is 5.69 Å². The minimum Gasteiger partial charge on any atom is -0.482 e. The number of para-hydroxylation sites is 1. The summed E-state index contributed by atoms with van der Waals surface area (Å²) < 4.78 is 7.90. The topological polar surface area (TPSA) is 69.0 Å². The lowest BCUT2D eigenvalue weighted by Gasteiger charge is -2.15. The van der Waals surface area contributed by atoms with Crippen LogP contribution in [0.15, 0.2) is 53.7 Å². The van der Waals surface area contributed by atoms with Crippen LogP contribution in [0.5, 0.6) is 5.75 Å². The number of thioether (sulfide) groups is 1. The first kappa shape index (κ1) is 19.9. The second-order valence-electron chi connectivity index (χ2n) is 6.63. The number of rotatable bonds is 7.